The fourth-order valence-electron chi connectivity index (χ4n) is 10.2. The van der Waals surface area contributed by atoms with E-state index < -0.39 is 0 Å². The second-order valence-corrected chi connectivity index (χ2v) is 17.6. The minimum atomic E-state index is 0.0163. The van der Waals surface area contributed by atoms with E-state index in [9.17, 15) is 4.79 Å². The van der Waals surface area contributed by atoms with Gasteiger partial charge in [-0.15, -0.1) is 0 Å². The summed E-state index contributed by atoms with van der Waals surface area (Å²) in [7, 11) is 0. The Morgan fingerprint density at radius 1 is 0.947 bits per heavy atom. The van der Waals surface area contributed by atoms with Crippen LogP contribution < -0.4 is 0 Å². The van der Waals surface area contributed by atoms with Crippen LogP contribution in [0.4, 0.5) is 0 Å². The average Bonchev–Trinajstić information content (AvgIpc) is 3.21. The highest BCUT2D eigenvalue weighted by molar-refractivity contribution is 9.12. The van der Waals surface area contributed by atoms with Crippen molar-refractivity contribution in [3.05, 3.63) is 0 Å². The second-order valence-electron chi connectivity index (χ2n) is 15.1. The number of unbranched alkanes of at least 4 members (excludes halogenated alkanes) is 3. The maximum atomic E-state index is 12.6. The first-order valence-corrected chi connectivity index (χ1v) is 18.2. The Bertz CT molecular complexity index is 799. The standard InChI is InChI=1S/C34H58Br2O2/c1-7-8-9-10-14-31(37)38-25-17-20-33(6)29-18-19-32(5)27(24(4)13-11-12-23(2)3)15-16-28(32)26(29)21-30(35)34(33,36)22-25/h23-30H,7-22H2,1-6H3/t24-,25+,26-,27+,28-,29-,30+,32-,33-,34+/m1/s1. The number of hydrogen-bond acceptors (Lipinski definition) is 2. The SMILES string of the molecule is CCCCCCC(=O)O[C@H]1CC[C@]2(C)[C@@H]3CC[C@@]4(C)[C@H](CC[C@H]4[C@H](C)CCCC(C)C)[C@H]3C[C@H](Br)[C@@]2(Br)C1. The van der Waals surface area contributed by atoms with Crippen LogP contribution in [0.5, 0.6) is 0 Å². The molecule has 0 aliphatic heterocycles. The molecule has 0 saturated heterocycles. The lowest BCUT2D eigenvalue weighted by Gasteiger charge is -2.66. The molecule has 4 heteroatoms. The molecule has 0 amide bonds. The molecule has 4 rings (SSSR count). The molecule has 0 bridgehead atoms. The van der Waals surface area contributed by atoms with Gasteiger partial charge in [-0.1, -0.05) is 112 Å². The van der Waals surface area contributed by atoms with Gasteiger partial charge in [-0.3, -0.25) is 4.79 Å². The molecular formula is C34H58Br2O2. The molecule has 4 aliphatic carbocycles. The average molecular weight is 659 g/mol. The fraction of sp³-hybridized carbons (Fsp3) is 0.971. The summed E-state index contributed by atoms with van der Waals surface area (Å²) in [5.41, 5.74) is 0.786. The number of alkyl halides is 2. The van der Waals surface area contributed by atoms with Gasteiger partial charge in [0.25, 0.3) is 0 Å². The lowest BCUT2D eigenvalue weighted by atomic mass is 9.44. The molecule has 0 spiro atoms. The molecule has 0 aromatic heterocycles. The maximum Gasteiger partial charge on any atom is 0.306 e. The maximum absolute atomic E-state index is 12.6. The van der Waals surface area contributed by atoms with Crippen LogP contribution in [0.25, 0.3) is 0 Å². The molecule has 0 radical (unpaired) electrons. The third kappa shape index (κ3) is 5.98. The zero-order valence-corrected chi connectivity index (χ0v) is 28.7. The Morgan fingerprint density at radius 3 is 2.42 bits per heavy atom. The molecule has 4 fully saturated rings. The zero-order chi connectivity index (χ0) is 27.7. The fourth-order valence-corrected chi connectivity index (χ4v) is 12.4. The Kier molecular flexibility index (Phi) is 10.5. The van der Waals surface area contributed by atoms with Gasteiger partial charge in [0.1, 0.15) is 6.10 Å². The molecule has 0 aromatic rings. The summed E-state index contributed by atoms with van der Waals surface area (Å²) in [6, 6.07) is 0. The minimum Gasteiger partial charge on any atom is -0.462 e. The molecule has 220 valence electrons. The molecule has 10 atom stereocenters. The van der Waals surface area contributed by atoms with Gasteiger partial charge in [0.2, 0.25) is 0 Å². The van der Waals surface area contributed by atoms with Gasteiger partial charge in [-0.05, 0) is 97.7 Å². The third-order valence-electron chi connectivity index (χ3n) is 12.4. The van der Waals surface area contributed by atoms with Crippen molar-refractivity contribution in [2.24, 2.45) is 46.3 Å². The van der Waals surface area contributed by atoms with Crippen molar-refractivity contribution < 1.29 is 9.53 Å². The van der Waals surface area contributed by atoms with E-state index in [2.05, 4.69) is 73.4 Å². The largest absolute Gasteiger partial charge is 0.462 e. The van der Waals surface area contributed by atoms with Gasteiger partial charge >= 0.3 is 5.97 Å². The highest BCUT2D eigenvalue weighted by atomic mass is 79.9. The van der Waals surface area contributed by atoms with Crippen LogP contribution in [-0.4, -0.2) is 21.2 Å². The Hall–Kier alpha value is 0.430. The summed E-state index contributed by atoms with van der Waals surface area (Å²) in [6.45, 7) is 14.8. The monoisotopic (exact) mass is 656 g/mol. The van der Waals surface area contributed by atoms with Crippen molar-refractivity contribution in [3.63, 3.8) is 0 Å². The van der Waals surface area contributed by atoms with E-state index in [1.807, 2.05) is 0 Å². The third-order valence-corrected chi connectivity index (χ3v) is 16.0. The normalized spacial score (nSPS) is 43.3. The van der Waals surface area contributed by atoms with Crippen molar-refractivity contribution >= 4 is 37.8 Å². The number of carbonyl (C=O) groups excluding carboxylic acids is 1. The van der Waals surface area contributed by atoms with E-state index >= 15 is 0 Å². The summed E-state index contributed by atoms with van der Waals surface area (Å²) in [6.07, 6.45) is 19.5. The summed E-state index contributed by atoms with van der Waals surface area (Å²) in [4.78, 5) is 13.1. The van der Waals surface area contributed by atoms with Crippen molar-refractivity contribution in [3.8, 4) is 0 Å². The van der Waals surface area contributed by atoms with Gasteiger partial charge in [0.15, 0.2) is 0 Å². The van der Waals surface area contributed by atoms with Gasteiger partial charge in [-0.25, -0.2) is 0 Å². The predicted molar refractivity (Wildman–Crippen MR) is 168 cm³/mol. The van der Waals surface area contributed by atoms with Crippen molar-refractivity contribution in [2.45, 2.75) is 160 Å². The summed E-state index contributed by atoms with van der Waals surface area (Å²) in [5.74, 6) is 5.13. The molecule has 0 unspecified atom stereocenters. The van der Waals surface area contributed by atoms with Crippen LogP contribution in [0.15, 0.2) is 0 Å². The number of ether oxygens (including phenoxy) is 1. The van der Waals surface area contributed by atoms with Crippen molar-refractivity contribution in [1.29, 1.82) is 0 Å². The van der Waals surface area contributed by atoms with Gasteiger partial charge in [0.05, 0.1) is 0 Å². The lowest BCUT2D eigenvalue weighted by molar-refractivity contribution is -0.158. The number of halogens is 2. The molecule has 38 heavy (non-hydrogen) atoms. The Morgan fingerprint density at radius 2 is 1.71 bits per heavy atom. The molecule has 0 aromatic carbocycles. The number of fused-ring (bicyclic) bond motifs is 5. The van der Waals surface area contributed by atoms with Crippen LogP contribution in [0.3, 0.4) is 0 Å². The number of esters is 1. The molecule has 0 N–H and O–H groups in total. The van der Waals surface area contributed by atoms with E-state index in [0.29, 0.717) is 16.7 Å². The minimum absolute atomic E-state index is 0.0163. The predicted octanol–water partition coefficient (Wildman–Crippen LogP) is 10.9. The van der Waals surface area contributed by atoms with Crippen molar-refractivity contribution in [2.75, 3.05) is 0 Å². The van der Waals surface area contributed by atoms with E-state index in [4.69, 9.17) is 4.74 Å². The van der Waals surface area contributed by atoms with Crippen LogP contribution in [0.2, 0.25) is 0 Å². The molecular weight excluding hydrogens is 600 g/mol. The van der Waals surface area contributed by atoms with Crippen LogP contribution in [0.1, 0.15) is 144 Å². The lowest BCUT2D eigenvalue weighted by Crippen LogP contribution is -2.64. The second kappa shape index (κ2) is 12.7. The van der Waals surface area contributed by atoms with E-state index in [-0.39, 0.29) is 21.8 Å². The first-order chi connectivity index (χ1) is 18.0. The summed E-state index contributed by atoms with van der Waals surface area (Å²) in [5, 5.41) is 0. The summed E-state index contributed by atoms with van der Waals surface area (Å²) < 4.78 is 6.11. The smallest absolute Gasteiger partial charge is 0.306 e. The quantitative estimate of drug-likeness (QED) is 0.125. The Balaban J connectivity index is 1.42. The molecule has 0 heterocycles. The van der Waals surface area contributed by atoms with Crippen molar-refractivity contribution in [1.82, 2.24) is 0 Å². The zero-order valence-electron chi connectivity index (χ0n) is 25.5. The summed E-state index contributed by atoms with van der Waals surface area (Å²) >= 11 is 8.64. The van der Waals surface area contributed by atoms with Gasteiger partial charge in [-0.2, -0.15) is 0 Å². The first-order valence-electron chi connectivity index (χ1n) is 16.5. The van der Waals surface area contributed by atoms with E-state index in [1.54, 1.807) is 0 Å². The topological polar surface area (TPSA) is 26.3 Å². The Labute approximate surface area is 252 Å². The first kappa shape index (κ1) is 31.4. The molecule has 4 aliphatic rings. The van der Waals surface area contributed by atoms with Crippen LogP contribution in [-0.2, 0) is 9.53 Å². The van der Waals surface area contributed by atoms with Crippen LogP contribution >= 0.6 is 31.9 Å². The van der Waals surface area contributed by atoms with Crippen LogP contribution in [0, 0.1) is 46.3 Å². The van der Waals surface area contributed by atoms with E-state index in [0.717, 1.165) is 61.2 Å². The molecule has 4 saturated carbocycles. The highest BCUT2D eigenvalue weighted by Gasteiger charge is 2.67. The van der Waals surface area contributed by atoms with E-state index in [1.165, 1.54) is 70.6 Å². The molecule has 2 nitrogen and oxygen atoms in total. The number of carbonyl (C=O) groups is 1. The highest BCUT2D eigenvalue weighted by Crippen LogP contribution is 2.71. The number of hydrogen-bond donors (Lipinski definition) is 0. The van der Waals surface area contributed by atoms with Gasteiger partial charge in [0, 0.05) is 22.0 Å². The van der Waals surface area contributed by atoms with Gasteiger partial charge < -0.3 is 4.74 Å². The number of rotatable bonds is 11.